The van der Waals surface area contributed by atoms with Crippen molar-refractivity contribution in [2.24, 2.45) is 4.99 Å². The van der Waals surface area contributed by atoms with Crippen LogP contribution in [0.4, 0.5) is 0 Å². The minimum Gasteiger partial charge on any atom is -0.493 e. The van der Waals surface area contributed by atoms with Gasteiger partial charge in [0, 0.05) is 39.0 Å². The van der Waals surface area contributed by atoms with Crippen LogP contribution in [0.3, 0.4) is 0 Å². The van der Waals surface area contributed by atoms with Gasteiger partial charge in [0.1, 0.15) is 6.61 Å². The first-order valence-corrected chi connectivity index (χ1v) is 9.42. The van der Waals surface area contributed by atoms with Crippen LogP contribution in [0.2, 0.25) is 0 Å². The normalized spacial score (nSPS) is 11.1. The zero-order valence-electron chi connectivity index (χ0n) is 17.5. The Kier molecular flexibility index (Phi) is 9.57. The van der Waals surface area contributed by atoms with Crippen molar-refractivity contribution in [1.29, 1.82) is 0 Å². The van der Waals surface area contributed by atoms with Crippen molar-refractivity contribution >= 4 is 5.96 Å². The highest BCUT2D eigenvalue weighted by atomic mass is 16.5. The second-order valence-electron chi connectivity index (χ2n) is 6.10. The van der Waals surface area contributed by atoms with E-state index in [0.29, 0.717) is 31.6 Å². The average Bonchev–Trinajstić information content (AvgIpc) is 2.76. The van der Waals surface area contributed by atoms with E-state index in [-0.39, 0.29) is 0 Å². The molecule has 1 aromatic heterocycles. The van der Waals surface area contributed by atoms with Gasteiger partial charge in [-0.25, -0.2) is 4.98 Å². The highest BCUT2D eigenvalue weighted by Gasteiger charge is 2.07. The lowest BCUT2D eigenvalue weighted by atomic mass is 10.1. The fraction of sp³-hybridized carbons (Fsp3) is 0.429. The molecule has 0 atom stereocenters. The van der Waals surface area contributed by atoms with Crippen LogP contribution in [0.15, 0.2) is 41.5 Å². The number of hydrogen-bond acceptors (Lipinski definition) is 6. The van der Waals surface area contributed by atoms with Gasteiger partial charge in [0.05, 0.1) is 20.8 Å². The number of methoxy groups -OCH3 is 3. The Labute approximate surface area is 172 Å². The quantitative estimate of drug-likeness (QED) is 0.338. The van der Waals surface area contributed by atoms with Gasteiger partial charge in [-0.15, -0.1) is 0 Å². The molecule has 0 spiro atoms. The van der Waals surface area contributed by atoms with Crippen LogP contribution in [0.5, 0.6) is 17.4 Å². The lowest BCUT2D eigenvalue weighted by Crippen LogP contribution is -2.38. The summed E-state index contributed by atoms with van der Waals surface area (Å²) in [5, 5.41) is 6.60. The van der Waals surface area contributed by atoms with Crippen molar-refractivity contribution in [3.8, 4) is 17.4 Å². The molecule has 0 bridgehead atoms. The van der Waals surface area contributed by atoms with E-state index in [1.807, 2.05) is 30.3 Å². The predicted octanol–water partition coefficient (Wildman–Crippen LogP) is 2.03. The summed E-state index contributed by atoms with van der Waals surface area (Å²) in [6.07, 6.45) is 2.53. The fourth-order valence-corrected chi connectivity index (χ4v) is 2.67. The van der Waals surface area contributed by atoms with Crippen molar-refractivity contribution in [2.45, 2.75) is 13.0 Å². The smallest absolute Gasteiger partial charge is 0.218 e. The molecule has 0 aliphatic carbocycles. The van der Waals surface area contributed by atoms with E-state index in [9.17, 15) is 0 Å². The summed E-state index contributed by atoms with van der Waals surface area (Å²) in [7, 11) is 6.65. The van der Waals surface area contributed by atoms with Crippen LogP contribution in [-0.2, 0) is 17.7 Å². The number of aliphatic imine (C=N–C) groups is 1. The molecule has 2 aromatic rings. The molecule has 29 heavy (non-hydrogen) atoms. The lowest BCUT2D eigenvalue weighted by molar-refractivity contribution is 0.143. The Bertz CT molecular complexity index is 783. The zero-order valence-corrected chi connectivity index (χ0v) is 17.5. The molecule has 0 radical (unpaired) electrons. The van der Waals surface area contributed by atoms with E-state index >= 15 is 0 Å². The largest absolute Gasteiger partial charge is 0.493 e. The Balaban J connectivity index is 1.84. The SMILES string of the molecule is CN=C(NCCc1ccc(OC)c(OC)c1)NCc1cccnc1OCCOC. The number of rotatable bonds is 11. The first-order valence-electron chi connectivity index (χ1n) is 9.42. The van der Waals surface area contributed by atoms with Gasteiger partial charge in [-0.1, -0.05) is 12.1 Å². The topological polar surface area (TPSA) is 86.2 Å². The second-order valence-corrected chi connectivity index (χ2v) is 6.10. The van der Waals surface area contributed by atoms with Crippen LogP contribution < -0.4 is 24.8 Å². The van der Waals surface area contributed by atoms with Crippen molar-refractivity contribution < 1.29 is 18.9 Å². The van der Waals surface area contributed by atoms with Gasteiger partial charge in [0.25, 0.3) is 0 Å². The molecule has 0 aliphatic heterocycles. The number of aromatic nitrogens is 1. The molecule has 8 heteroatoms. The van der Waals surface area contributed by atoms with Crippen LogP contribution in [-0.4, -0.2) is 59.1 Å². The maximum absolute atomic E-state index is 5.66. The van der Waals surface area contributed by atoms with Gasteiger partial charge < -0.3 is 29.6 Å². The van der Waals surface area contributed by atoms with Gasteiger partial charge in [-0.05, 0) is 30.2 Å². The summed E-state index contributed by atoms with van der Waals surface area (Å²) in [5.74, 6) is 2.75. The minimum absolute atomic E-state index is 0.457. The predicted molar refractivity (Wildman–Crippen MR) is 113 cm³/mol. The molecule has 0 amide bonds. The number of guanidine groups is 1. The first-order chi connectivity index (χ1) is 14.2. The monoisotopic (exact) mass is 402 g/mol. The fourth-order valence-electron chi connectivity index (χ4n) is 2.67. The average molecular weight is 402 g/mol. The molecule has 0 fully saturated rings. The van der Waals surface area contributed by atoms with Crippen LogP contribution >= 0.6 is 0 Å². The molecule has 0 saturated carbocycles. The van der Waals surface area contributed by atoms with Crippen molar-refractivity contribution in [3.63, 3.8) is 0 Å². The number of nitrogens with zero attached hydrogens (tertiary/aromatic N) is 2. The van der Waals surface area contributed by atoms with E-state index in [2.05, 4.69) is 20.6 Å². The van der Waals surface area contributed by atoms with Gasteiger partial charge in [0.2, 0.25) is 5.88 Å². The Morgan fingerprint density at radius 2 is 1.86 bits per heavy atom. The molecular weight excluding hydrogens is 372 g/mol. The number of nitrogens with one attached hydrogen (secondary N) is 2. The molecule has 0 aliphatic rings. The summed E-state index contributed by atoms with van der Waals surface area (Å²) in [5.41, 5.74) is 2.10. The molecule has 2 N–H and O–H groups in total. The van der Waals surface area contributed by atoms with E-state index in [0.717, 1.165) is 35.6 Å². The Hall–Kier alpha value is -3.00. The van der Waals surface area contributed by atoms with E-state index < -0.39 is 0 Å². The molecule has 1 aromatic carbocycles. The molecule has 1 heterocycles. The van der Waals surface area contributed by atoms with Crippen LogP contribution in [0.1, 0.15) is 11.1 Å². The van der Waals surface area contributed by atoms with Gasteiger partial charge in [0.15, 0.2) is 17.5 Å². The maximum Gasteiger partial charge on any atom is 0.218 e. The number of pyridine rings is 1. The standard InChI is InChI=1S/C21H30N4O4/c1-22-21(24-11-9-16-7-8-18(27-3)19(14-16)28-4)25-15-17-6-5-10-23-20(17)29-13-12-26-2/h5-8,10,14H,9,11-13,15H2,1-4H3,(H2,22,24,25). The third kappa shape index (κ3) is 7.15. The van der Waals surface area contributed by atoms with E-state index in [4.69, 9.17) is 18.9 Å². The summed E-state index contributed by atoms with van der Waals surface area (Å²) in [6, 6.07) is 9.77. The Morgan fingerprint density at radius 3 is 2.59 bits per heavy atom. The molecule has 158 valence electrons. The van der Waals surface area contributed by atoms with Crippen molar-refractivity contribution in [2.75, 3.05) is 48.1 Å². The molecule has 0 saturated heterocycles. The molecule has 2 rings (SSSR count). The number of ether oxygens (including phenoxy) is 4. The third-order valence-electron chi connectivity index (χ3n) is 4.20. The lowest BCUT2D eigenvalue weighted by Gasteiger charge is -2.14. The zero-order chi connectivity index (χ0) is 20.9. The Morgan fingerprint density at radius 1 is 1.03 bits per heavy atom. The highest BCUT2D eigenvalue weighted by Crippen LogP contribution is 2.27. The first kappa shape index (κ1) is 22.3. The summed E-state index contributed by atoms with van der Waals surface area (Å²) < 4.78 is 21.3. The third-order valence-corrected chi connectivity index (χ3v) is 4.20. The van der Waals surface area contributed by atoms with Crippen molar-refractivity contribution in [1.82, 2.24) is 15.6 Å². The van der Waals surface area contributed by atoms with Crippen LogP contribution in [0.25, 0.3) is 0 Å². The van der Waals surface area contributed by atoms with Crippen LogP contribution in [0, 0.1) is 0 Å². The number of hydrogen-bond donors (Lipinski definition) is 2. The van der Waals surface area contributed by atoms with E-state index in [1.165, 1.54) is 0 Å². The maximum atomic E-state index is 5.66. The van der Waals surface area contributed by atoms with Gasteiger partial charge >= 0.3 is 0 Å². The van der Waals surface area contributed by atoms with Crippen molar-refractivity contribution in [3.05, 3.63) is 47.7 Å². The number of benzene rings is 1. The van der Waals surface area contributed by atoms with E-state index in [1.54, 1.807) is 34.6 Å². The highest BCUT2D eigenvalue weighted by molar-refractivity contribution is 5.79. The summed E-state index contributed by atoms with van der Waals surface area (Å²) in [4.78, 5) is 8.56. The minimum atomic E-state index is 0.457. The molecular formula is C21H30N4O4. The molecule has 0 unspecified atom stereocenters. The summed E-state index contributed by atoms with van der Waals surface area (Å²) in [6.45, 7) is 2.24. The van der Waals surface area contributed by atoms with Gasteiger partial charge in [-0.2, -0.15) is 0 Å². The summed E-state index contributed by atoms with van der Waals surface area (Å²) >= 11 is 0. The van der Waals surface area contributed by atoms with Gasteiger partial charge in [-0.3, -0.25) is 4.99 Å². The second kappa shape index (κ2) is 12.5. The molecule has 8 nitrogen and oxygen atoms in total.